The number of para-hydroxylation sites is 1. The van der Waals surface area contributed by atoms with E-state index >= 15 is 0 Å². The summed E-state index contributed by atoms with van der Waals surface area (Å²) in [5.41, 5.74) is 0.715. The molecule has 138 valence electrons. The molecule has 1 aliphatic rings. The summed E-state index contributed by atoms with van der Waals surface area (Å²) in [7, 11) is 1.88. The molecule has 1 aromatic rings. The minimum absolute atomic E-state index is 0.00473. The molecule has 3 amide bonds. The van der Waals surface area contributed by atoms with Gasteiger partial charge in [-0.15, -0.1) is 0 Å². The van der Waals surface area contributed by atoms with Gasteiger partial charge in [0.25, 0.3) is 0 Å². The summed E-state index contributed by atoms with van der Waals surface area (Å²) in [4.78, 5) is 27.1. The molecule has 0 radical (unpaired) electrons. The Labute approximate surface area is 151 Å². The summed E-state index contributed by atoms with van der Waals surface area (Å²) in [6.07, 6.45) is 6.98. The summed E-state index contributed by atoms with van der Waals surface area (Å²) in [5.74, 6) is 0.0346. The molecule has 0 aliphatic heterocycles. The van der Waals surface area contributed by atoms with E-state index in [1.54, 1.807) is 0 Å². The zero-order chi connectivity index (χ0) is 18.2. The van der Waals surface area contributed by atoms with Gasteiger partial charge in [0.1, 0.15) is 6.04 Å². The van der Waals surface area contributed by atoms with Crippen molar-refractivity contribution in [1.29, 1.82) is 0 Å². The Morgan fingerprint density at radius 2 is 1.64 bits per heavy atom. The van der Waals surface area contributed by atoms with Crippen LogP contribution in [0.2, 0.25) is 0 Å². The number of carbonyl (C=O) groups is 2. The fraction of sp³-hybridized carbons (Fsp3) is 0.600. The van der Waals surface area contributed by atoms with Gasteiger partial charge in [0, 0.05) is 18.8 Å². The van der Waals surface area contributed by atoms with Gasteiger partial charge in [-0.05, 0) is 30.9 Å². The second-order valence-electron chi connectivity index (χ2n) is 7.28. The van der Waals surface area contributed by atoms with E-state index in [1.807, 2.05) is 56.1 Å². The van der Waals surface area contributed by atoms with E-state index < -0.39 is 6.04 Å². The van der Waals surface area contributed by atoms with Crippen molar-refractivity contribution in [3.05, 3.63) is 30.3 Å². The Kier molecular flexibility index (Phi) is 7.29. The molecule has 5 heteroatoms. The normalized spacial score (nSPS) is 16.8. The predicted octanol–water partition coefficient (Wildman–Crippen LogP) is 4.01. The Bertz CT molecular complexity index is 551. The third-order valence-electron chi connectivity index (χ3n) is 4.97. The van der Waals surface area contributed by atoms with Crippen LogP contribution in [0.1, 0.15) is 52.4 Å². The summed E-state index contributed by atoms with van der Waals surface area (Å²) in [5, 5.41) is 5.65. The number of benzene rings is 1. The average Bonchev–Trinajstić information content (AvgIpc) is 2.88. The van der Waals surface area contributed by atoms with Gasteiger partial charge < -0.3 is 15.5 Å². The van der Waals surface area contributed by atoms with Crippen LogP contribution in [0.5, 0.6) is 0 Å². The molecule has 2 rings (SSSR count). The van der Waals surface area contributed by atoms with E-state index in [2.05, 4.69) is 10.6 Å². The predicted molar refractivity (Wildman–Crippen MR) is 101 cm³/mol. The number of nitrogens with one attached hydrogen (secondary N) is 2. The summed E-state index contributed by atoms with van der Waals surface area (Å²) >= 11 is 0. The number of carbonyl (C=O) groups excluding carboxylic acids is 2. The van der Waals surface area contributed by atoms with Crippen molar-refractivity contribution in [2.45, 2.75) is 64.5 Å². The first-order chi connectivity index (χ1) is 12.0. The molecule has 0 aromatic heterocycles. The number of urea groups is 1. The lowest BCUT2D eigenvalue weighted by Crippen LogP contribution is -2.53. The maximum absolute atomic E-state index is 13.0. The lowest BCUT2D eigenvalue weighted by atomic mass is 10.0. The summed E-state index contributed by atoms with van der Waals surface area (Å²) in [6.45, 7) is 3.93. The summed E-state index contributed by atoms with van der Waals surface area (Å²) < 4.78 is 0. The molecule has 1 saturated carbocycles. The number of hydrogen-bond acceptors (Lipinski definition) is 2. The molecule has 1 aliphatic carbocycles. The number of anilines is 1. The van der Waals surface area contributed by atoms with Crippen molar-refractivity contribution in [1.82, 2.24) is 10.2 Å². The Hall–Kier alpha value is -2.04. The molecule has 0 saturated heterocycles. The molecular formula is C20H31N3O2. The van der Waals surface area contributed by atoms with Crippen LogP contribution in [0.3, 0.4) is 0 Å². The van der Waals surface area contributed by atoms with Gasteiger partial charge in [0.2, 0.25) is 5.91 Å². The van der Waals surface area contributed by atoms with Crippen LogP contribution < -0.4 is 10.6 Å². The number of nitrogens with zero attached hydrogens (tertiary/aromatic N) is 1. The lowest BCUT2D eigenvalue weighted by Gasteiger charge is -2.32. The highest BCUT2D eigenvalue weighted by atomic mass is 16.2. The van der Waals surface area contributed by atoms with Crippen LogP contribution in [0.4, 0.5) is 10.5 Å². The second-order valence-corrected chi connectivity index (χ2v) is 7.28. The largest absolute Gasteiger partial charge is 0.341 e. The van der Waals surface area contributed by atoms with Crippen molar-refractivity contribution in [2.24, 2.45) is 5.92 Å². The van der Waals surface area contributed by atoms with E-state index in [0.29, 0.717) is 5.69 Å². The Morgan fingerprint density at radius 1 is 1.04 bits per heavy atom. The van der Waals surface area contributed by atoms with E-state index in [9.17, 15) is 9.59 Å². The maximum atomic E-state index is 13.0. The molecular weight excluding hydrogens is 314 g/mol. The van der Waals surface area contributed by atoms with Crippen LogP contribution in [0, 0.1) is 5.92 Å². The molecule has 0 spiro atoms. The monoisotopic (exact) mass is 345 g/mol. The van der Waals surface area contributed by atoms with Gasteiger partial charge in [-0.25, -0.2) is 4.79 Å². The maximum Gasteiger partial charge on any atom is 0.319 e. The minimum atomic E-state index is -0.517. The van der Waals surface area contributed by atoms with Crippen molar-refractivity contribution in [2.75, 3.05) is 12.4 Å². The van der Waals surface area contributed by atoms with Crippen LogP contribution in [0.25, 0.3) is 0 Å². The van der Waals surface area contributed by atoms with Gasteiger partial charge in [0.05, 0.1) is 0 Å². The SMILES string of the molecule is CC(C)C(NC(=O)Nc1ccccc1)C(=O)N(C)C1CCCCCC1. The number of rotatable bonds is 5. The summed E-state index contributed by atoms with van der Waals surface area (Å²) in [6, 6.07) is 8.69. The first kappa shape index (κ1) is 19.3. The molecule has 25 heavy (non-hydrogen) atoms. The van der Waals surface area contributed by atoms with Crippen LogP contribution in [0.15, 0.2) is 30.3 Å². The van der Waals surface area contributed by atoms with Gasteiger partial charge in [0.15, 0.2) is 0 Å². The van der Waals surface area contributed by atoms with Crippen molar-refractivity contribution in [3.8, 4) is 0 Å². The highest BCUT2D eigenvalue weighted by molar-refractivity contribution is 5.93. The van der Waals surface area contributed by atoms with E-state index in [1.165, 1.54) is 25.7 Å². The Morgan fingerprint density at radius 3 is 2.20 bits per heavy atom. The number of likely N-dealkylation sites (N-methyl/N-ethyl adjacent to an activating group) is 1. The van der Waals surface area contributed by atoms with Crippen LogP contribution in [-0.4, -0.2) is 36.0 Å². The van der Waals surface area contributed by atoms with Crippen LogP contribution in [-0.2, 0) is 4.79 Å². The van der Waals surface area contributed by atoms with Gasteiger partial charge in [-0.3, -0.25) is 4.79 Å². The lowest BCUT2D eigenvalue weighted by molar-refractivity contribution is -0.135. The molecule has 1 unspecified atom stereocenters. The van der Waals surface area contributed by atoms with Gasteiger partial charge in [-0.2, -0.15) is 0 Å². The zero-order valence-corrected chi connectivity index (χ0v) is 15.6. The Balaban J connectivity index is 1.98. The van der Waals surface area contributed by atoms with Crippen molar-refractivity contribution >= 4 is 17.6 Å². The molecule has 5 nitrogen and oxygen atoms in total. The van der Waals surface area contributed by atoms with Gasteiger partial charge in [-0.1, -0.05) is 57.7 Å². The van der Waals surface area contributed by atoms with Crippen molar-refractivity contribution < 1.29 is 9.59 Å². The molecule has 0 heterocycles. The van der Waals surface area contributed by atoms with Crippen LogP contribution >= 0.6 is 0 Å². The number of hydrogen-bond donors (Lipinski definition) is 2. The molecule has 2 N–H and O–H groups in total. The topological polar surface area (TPSA) is 61.4 Å². The van der Waals surface area contributed by atoms with E-state index in [0.717, 1.165) is 12.8 Å². The van der Waals surface area contributed by atoms with E-state index in [-0.39, 0.29) is 23.9 Å². The molecule has 1 atom stereocenters. The molecule has 0 bridgehead atoms. The minimum Gasteiger partial charge on any atom is -0.341 e. The molecule has 1 aromatic carbocycles. The smallest absolute Gasteiger partial charge is 0.319 e. The van der Waals surface area contributed by atoms with Crippen molar-refractivity contribution in [3.63, 3.8) is 0 Å². The highest BCUT2D eigenvalue weighted by Gasteiger charge is 2.30. The van der Waals surface area contributed by atoms with E-state index in [4.69, 9.17) is 0 Å². The third kappa shape index (κ3) is 5.76. The second kappa shape index (κ2) is 9.44. The highest BCUT2D eigenvalue weighted by Crippen LogP contribution is 2.22. The average molecular weight is 345 g/mol. The zero-order valence-electron chi connectivity index (χ0n) is 15.6. The first-order valence-corrected chi connectivity index (χ1v) is 9.38. The fourth-order valence-electron chi connectivity index (χ4n) is 3.39. The number of amides is 3. The first-order valence-electron chi connectivity index (χ1n) is 9.38. The molecule has 1 fully saturated rings. The third-order valence-corrected chi connectivity index (χ3v) is 4.97. The standard InChI is InChI=1S/C20H31N3O2/c1-15(2)18(22-20(25)21-16-11-7-6-8-12-16)19(24)23(3)17-13-9-4-5-10-14-17/h6-8,11-12,15,17-18H,4-5,9-10,13-14H2,1-3H3,(H2,21,22,25). The quantitative estimate of drug-likeness (QED) is 0.792. The fourth-order valence-corrected chi connectivity index (χ4v) is 3.39. The van der Waals surface area contributed by atoms with Gasteiger partial charge >= 0.3 is 6.03 Å².